The number of aliphatic hydroxyl groups is 1. The predicted octanol–water partition coefficient (Wildman–Crippen LogP) is 2.65. The van der Waals surface area contributed by atoms with Gasteiger partial charge in [0.25, 0.3) is 0 Å². The maximum absolute atomic E-state index is 12.0. The lowest BCUT2D eigenvalue weighted by Crippen LogP contribution is -2.44. The smallest absolute Gasteiger partial charge is 0.315 e. The molecule has 5 heteroatoms. The lowest BCUT2D eigenvalue weighted by molar-refractivity contribution is 0.232. The number of carbonyl (C=O) groups excluding carboxylic acids is 1. The van der Waals surface area contributed by atoms with Crippen LogP contribution in [-0.2, 0) is 13.2 Å². The van der Waals surface area contributed by atoms with E-state index in [4.69, 9.17) is 0 Å². The predicted molar refractivity (Wildman–Crippen MR) is 87.3 cm³/mol. The summed E-state index contributed by atoms with van der Waals surface area (Å²) >= 11 is 1.89. The monoisotopic (exact) mass is 308 g/mol. The average molecular weight is 308 g/mol. The Morgan fingerprint density at radius 1 is 1.33 bits per heavy atom. The van der Waals surface area contributed by atoms with Gasteiger partial charge < -0.3 is 15.7 Å². The third-order valence-electron chi connectivity index (χ3n) is 4.02. The molecule has 2 unspecified atom stereocenters. The molecule has 2 atom stereocenters. The van der Waals surface area contributed by atoms with E-state index in [1.807, 2.05) is 36.0 Å². The highest BCUT2D eigenvalue weighted by molar-refractivity contribution is 7.99. The summed E-state index contributed by atoms with van der Waals surface area (Å²) in [6.07, 6.45) is 6.70. The fraction of sp³-hybridized carbons (Fsp3) is 0.562. The summed E-state index contributed by atoms with van der Waals surface area (Å²) in [6.45, 7) is 0.443. The number of aliphatic hydroxyl groups excluding tert-OH is 1. The van der Waals surface area contributed by atoms with Gasteiger partial charge in [-0.1, -0.05) is 30.7 Å². The van der Waals surface area contributed by atoms with Crippen molar-refractivity contribution < 1.29 is 9.90 Å². The van der Waals surface area contributed by atoms with E-state index in [9.17, 15) is 9.90 Å². The minimum atomic E-state index is -0.116. The van der Waals surface area contributed by atoms with Crippen LogP contribution in [0, 0.1) is 0 Å². The van der Waals surface area contributed by atoms with Crippen molar-refractivity contribution in [2.45, 2.75) is 50.1 Å². The summed E-state index contributed by atoms with van der Waals surface area (Å²) in [7, 11) is 0. The van der Waals surface area contributed by atoms with Crippen molar-refractivity contribution in [2.24, 2.45) is 0 Å². The van der Waals surface area contributed by atoms with Crippen LogP contribution in [0.3, 0.4) is 0 Å². The number of hydrogen-bond acceptors (Lipinski definition) is 3. The highest BCUT2D eigenvalue weighted by Crippen LogP contribution is 2.26. The molecule has 21 heavy (non-hydrogen) atoms. The Bertz CT molecular complexity index is 467. The Kier molecular flexibility index (Phi) is 6.39. The van der Waals surface area contributed by atoms with Crippen LogP contribution in [0.2, 0.25) is 0 Å². The first-order valence-corrected chi connectivity index (χ1v) is 8.76. The Balaban J connectivity index is 1.79. The normalized spacial score (nSPS) is 21.8. The van der Waals surface area contributed by atoms with Crippen LogP contribution in [0.15, 0.2) is 24.3 Å². The molecule has 1 aliphatic carbocycles. The van der Waals surface area contributed by atoms with Crippen molar-refractivity contribution in [3.05, 3.63) is 35.4 Å². The van der Waals surface area contributed by atoms with E-state index in [-0.39, 0.29) is 18.7 Å². The fourth-order valence-corrected chi connectivity index (χ4v) is 3.61. The molecule has 0 bridgehead atoms. The largest absolute Gasteiger partial charge is 0.392 e. The van der Waals surface area contributed by atoms with Crippen molar-refractivity contribution >= 4 is 17.8 Å². The van der Waals surface area contributed by atoms with Gasteiger partial charge in [0.1, 0.15) is 0 Å². The minimum absolute atomic E-state index is 0.00248. The van der Waals surface area contributed by atoms with Gasteiger partial charge in [-0.25, -0.2) is 4.79 Å². The highest BCUT2D eigenvalue weighted by atomic mass is 32.2. The second-order valence-corrected chi connectivity index (χ2v) is 6.61. The van der Waals surface area contributed by atoms with Crippen molar-refractivity contribution in [3.63, 3.8) is 0 Å². The van der Waals surface area contributed by atoms with Crippen LogP contribution in [0.1, 0.15) is 36.8 Å². The summed E-state index contributed by atoms with van der Waals surface area (Å²) in [6, 6.07) is 7.77. The molecular weight excluding hydrogens is 284 g/mol. The van der Waals surface area contributed by atoms with E-state index in [1.165, 1.54) is 12.8 Å². The molecule has 3 N–H and O–H groups in total. The van der Waals surface area contributed by atoms with Gasteiger partial charge >= 0.3 is 6.03 Å². The number of amides is 2. The number of carbonyl (C=O) groups is 1. The third kappa shape index (κ3) is 4.93. The topological polar surface area (TPSA) is 61.4 Å². The fourth-order valence-electron chi connectivity index (χ4n) is 2.79. The number of thioether (sulfide) groups is 1. The molecule has 1 saturated carbocycles. The molecule has 116 valence electrons. The number of rotatable bonds is 5. The molecule has 0 spiro atoms. The molecule has 0 radical (unpaired) electrons. The number of nitrogens with one attached hydrogen (secondary N) is 2. The number of urea groups is 1. The van der Waals surface area contributed by atoms with Crippen molar-refractivity contribution in [3.8, 4) is 0 Å². The standard InChI is InChI=1S/C16H24N2O2S/c1-21-15-8-4-7-14(9-15)18-16(20)17-10-12-5-2-3-6-13(12)11-19/h2-3,5-6,14-15,19H,4,7-11H2,1H3,(H2,17,18,20). The Labute approximate surface area is 130 Å². The second-order valence-electron chi connectivity index (χ2n) is 5.48. The van der Waals surface area contributed by atoms with Gasteiger partial charge in [0.05, 0.1) is 6.61 Å². The van der Waals surface area contributed by atoms with Gasteiger partial charge in [0.2, 0.25) is 0 Å². The lowest BCUT2D eigenvalue weighted by atomic mass is 9.95. The van der Waals surface area contributed by atoms with Gasteiger partial charge in [0, 0.05) is 17.8 Å². The van der Waals surface area contributed by atoms with Crippen molar-refractivity contribution in [1.29, 1.82) is 0 Å². The molecular formula is C16H24N2O2S. The molecule has 2 amide bonds. The van der Waals surface area contributed by atoms with E-state index >= 15 is 0 Å². The number of benzene rings is 1. The van der Waals surface area contributed by atoms with E-state index < -0.39 is 0 Å². The van der Waals surface area contributed by atoms with E-state index in [1.54, 1.807) is 0 Å². The van der Waals surface area contributed by atoms with E-state index in [2.05, 4.69) is 16.9 Å². The second kappa shape index (κ2) is 8.29. The molecule has 0 saturated heterocycles. The quantitative estimate of drug-likeness (QED) is 0.783. The van der Waals surface area contributed by atoms with Gasteiger partial charge in [-0.2, -0.15) is 11.8 Å². The molecule has 0 heterocycles. The van der Waals surface area contributed by atoms with Gasteiger partial charge in [-0.05, 0) is 36.6 Å². The van der Waals surface area contributed by atoms with Crippen molar-refractivity contribution in [1.82, 2.24) is 10.6 Å². The van der Waals surface area contributed by atoms with Crippen molar-refractivity contribution in [2.75, 3.05) is 6.26 Å². The first-order valence-electron chi connectivity index (χ1n) is 7.47. The molecule has 4 nitrogen and oxygen atoms in total. The Hall–Kier alpha value is -1.20. The van der Waals surface area contributed by atoms with Crippen LogP contribution in [-0.4, -0.2) is 28.7 Å². The molecule has 0 aliphatic heterocycles. The van der Waals surface area contributed by atoms with Crippen LogP contribution in [0.5, 0.6) is 0 Å². The zero-order valence-corrected chi connectivity index (χ0v) is 13.3. The van der Waals surface area contributed by atoms with Crippen LogP contribution in [0.4, 0.5) is 4.79 Å². The van der Waals surface area contributed by atoms with E-state index in [0.29, 0.717) is 11.8 Å². The van der Waals surface area contributed by atoms with E-state index in [0.717, 1.165) is 24.0 Å². The molecule has 1 fully saturated rings. The first kappa shape index (κ1) is 16.2. The SMILES string of the molecule is CSC1CCCC(NC(=O)NCc2ccccc2CO)C1. The molecule has 1 aliphatic rings. The molecule has 2 rings (SSSR count). The minimum Gasteiger partial charge on any atom is -0.392 e. The molecule has 1 aromatic carbocycles. The van der Waals surface area contributed by atoms with Gasteiger partial charge in [-0.3, -0.25) is 0 Å². The summed E-state index contributed by atoms with van der Waals surface area (Å²) in [5, 5.41) is 15.9. The summed E-state index contributed by atoms with van der Waals surface area (Å²) in [4.78, 5) is 12.0. The van der Waals surface area contributed by atoms with Gasteiger partial charge in [-0.15, -0.1) is 0 Å². The maximum atomic E-state index is 12.0. The summed E-state index contributed by atoms with van der Waals surface area (Å²) in [5.41, 5.74) is 1.82. The van der Waals surface area contributed by atoms with Crippen LogP contribution >= 0.6 is 11.8 Å². The van der Waals surface area contributed by atoms with Crippen LogP contribution in [0.25, 0.3) is 0 Å². The summed E-state index contributed by atoms with van der Waals surface area (Å²) < 4.78 is 0. The Morgan fingerprint density at radius 3 is 2.81 bits per heavy atom. The van der Waals surface area contributed by atoms with Crippen LogP contribution < -0.4 is 10.6 Å². The third-order valence-corrected chi connectivity index (χ3v) is 5.12. The first-order chi connectivity index (χ1) is 10.2. The average Bonchev–Trinajstić information content (AvgIpc) is 2.53. The summed E-state index contributed by atoms with van der Waals surface area (Å²) in [5.74, 6) is 0. The van der Waals surface area contributed by atoms with Gasteiger partial charge in [0.15, 0.2) is 0 Å². The zero-order chi connectivity index (χ0) is 15.1. The highest BCUT2D eigenvalue weighted by Gasteiger charge is 2.22. The lowest BCUT2D eigenvalue weighted by Gasteiger charge is -2.28. The maximum Gasteiger partial charge on any atom is 0.315 e. The molecule has 1 aromatic rings. The Morgan fingerprint density at radius 2 is 2.10 bits per heavy atom. The molecule has 0 aromatic heterocycles. The number of hydrogen-bond donors (Lipinski definition) is 3. The zero-order valence-electron chi connectivity index (χ0n) is 12.5.